The minimum atomic E-state index is -1.28. The van der Waals surface area contributed by atoms with Crippen LogP contribution in [0.3, 0.4) is 0 Å². The molecule has 0 unspecified atom stereocenters. The maximum absolute atomic E-state index is 11.0. The van der Waals surface area contributed by atoms with Crippen molar-refractivity contribution >= 4 is 12.0 Å². The minimum Gasteiger partial charge on any atom is -0.497 e. The van der Waals surface area contributed by atoms with Crippen LogP contribution in [0.4, 0.5) is 0 Å². The Hall–Kier alpha value is -3.26. The van der Waals surface area contributed by atoms with Crippen LogP contribution >= 0.6 is 0 Å². The second-order valence-corrected chi connectivity index (χ2v) is 5.15. The van der Waals surface area contributed by atoms with Crippen LogP contribution in [-0.2, 0) is 11.4 Å². The second kappa shape index (κ2) is 7.84. The lowest BCUT2D eigenvalue weighted by Crippen LogP contribution is -2.00. The third kappa shape index (κ3) is 4.37. The van der Waals surface area contributed by atoms with Gasteiger partial charge in [-0.3, -0.25) is 0 Å². The lowest BCUT2D eigenvalue weighted by Gasteiger charge is -2.11. The Bertz CT molecular complexity index is 801. The lowest BCUT2D eigenvalue weighted by molar-refractivity contribution is -0.132. The smallest absolute Gasteiger partial charge is 0.346 e. The monoisotopic (exact) mass is 323 g/mol. The van der Waals surface area contributed by atoms with Crippen molar-refractivity contribution in [2.24, 2.45) is 0 Å². The van der Waals surface area contributed by atoms with Crippen molar-refractivity contribution < 1.29 is 19.4 Å². The largest absolute Gasteiger partial charge is 0.497 e. The normalized spacial score (nSPS) is 10.8. The van der Waals surface area contributed by atoms with E-state index in [0.29, 0.717) is 23.7 Å². The van der Waals surface area contributed by atoms with Crippen LogP contribution < -0.4 is 9.47 Å². The van der Waals surface area contributed by atoms with Crippen LogP contribution in [-0.4, -0.2) is 18.2 Å². The van der Waals surface area contributed by atoms with E-state index in [0.717, 1.165) is 11.1 Å². The molecule has 0 atom stereocenters. The van der Waals surface area contributed by atoms with Crippen LogP contribution in [0.5, 0.6) is 11.5 Å². The number of carboxylic acids is 1. The third-order valence-electron chi connectivity index (χ3n) is 3.39. The second-order valence-electron chi connectivity index (χ2n) is 5.15. The molecule has 24 heavy (non-hydrogen) atoms. The Labute approximate surface area is 140 Å². The first-order valence-corrected chi connectivity index (χ1v) is 7.25. The lowest BCUT2D eigenvalue weighted by atomic mass is 10.1. The Morgan fingerprint density at radius 2 is 1.96 bits per heavy atom. The highest BCUT2D eigenvalue weighted by Gasteiger charge is 2.10. The number of carboxylic acid groups (broad SMARTS) is 1. The highest BCUT2D eigenvalue weighted by atomic mass is 16.5. The summed E-state index contributed by atoms with van der Waals surface area (Å²) in [6, 6.07) is 14.6. The van der Waals surface area contributed by atoms with Gasteiger partial charge in [0.15, 0.2) is 0 Å². The zero-order valence-electron chi connectivity index (χ0n) is 13.4. The Morgan fingerprint density at radius 1 is 1.25 bits per heavy atom. The van der Waals surface area contributed by atoms with Gasteiger partial charge in [0.2, 0.25) is 0 Å². The van der Waals surface area contributed by atoms with E-state index in [9.17, 15) is 4.79 Å². The van der Waals surface area contributed by atoms with Crippen LogP contribution in [0.2, 0.25) is 0 Å². The van der Waals surface area contributed by atoms with Crippen molar-refractivity contribution in [3.8, 4) is 17.6 Å². The first-order chi connectivity index (χ1) is 11.5. The van der Waals surface area contributed by atoms with Crippen molar-refractivity contribution in [3.63, 3.8) is 0 Å². The maximum Gasteiger partial charge on any atom is 0.346 e. The molecule has 0 radical (unpaired) electrons. The van der Waals surface area contributed by atoms with Crippen molar-refractivity contribution in [1.82, 2.24) is 0 Å². The number of rotatable bonds is 6. The number of aliphatic carboxylic acids is 1. The summed E-state index contributed by atoms with van der Waals surface area (Å²) in [5, 5.41) is 17.9. The number of hydrogen-bond acceptors (Lipinski definition) is 4. The molecule has 0 amide bonds. The molecule has 0 spiro atoms. The van der Waals surface area contributed by atoms with Gasteiger partial charge in [0, 0.05) is 11.6 Å². The summed E-state index contributed by atoms with van der Waals surface area (Å²) in [4.78, 5) is 11.0. The van der Waals surface area contributed by atoms with Gasteiger partial charge in [-0.05, 0) is 30.7 Å². The molecule has 0 saturated heterocycles. The van der Waals surface area contributed by atoms with Crippen LogP contribution in [0.25, 0.3) is 6.08 Å². The predicted octanol–water partition coefficient (Wildman–Crippen LogP) is 3.57. The maximum atomic E-state index is 11.0. The highest BCUT2D eigenvalue weighted by Crippen LogP contribution is 2.27. The van der Waals surface area contributed by atoms with E-state index in [4.69, 9.17) is 19.8 Å². The quantitative estimate of drug-likeness (QED) is 0.649. The third-order valence-corrected chi connectivity index (χ3v) is 3.39. The first kappa shape index (κ1) is 17.1. The van der Waals surface area contributed by atoms with E-state index < -0.39 is 5.97 Å². The molecule has 0 aliphatic rings. The van der Waals surface area contributed by atoms with E-state index in [1.165, 1.54) is 13.2 Å². The summed E-state index contributed by atoms with van der Waals surface area (Å²) in [5.74, 6) is -0.249. The molecule has 0 aliphatic heterocycles. The Balaban J connectivity index is 2.30. The number of ether oxygens (including phenoxy) is 2. The molecule has 0 saturated carbocycles. The fraction of sp³-hybridized carbons (Fsp3) is 0.158. The van der Waals surface area contributed by atoms with Gasteiger partial charge in [0.1, 0.15) is 29.7 Å². The number of benzene rings is 2. The number of carbonyl (C=O) groups is 1. The number of nitrogens with zero attached hydrogens (tertiary/aromatic N) is 1. The molecule has 5 heteroatoms. The molecule has 5 nitrogen and oxygen atoms in total. The van der Waals surface area contributed by atoms with Crippen molar-refractivity contribution in [3.05, 3.63) is 64.7 Å². The van der Waals surface area contributed by atoms with E-state index in [1.54, 1.807) is 24.3 Å². The van der Waals surface area contributed by atoms with Crippen molar-refractivity contribution in [1.29, 1.82) is 5.26 Å². The molecule has 2 aromatic rings. The molecule has 122 valence electrons. The summed E-state index contributed by atoms with van der Waals surface area (Å²) in [6.07, 6.45) is 1.28. The number of nitriles is 1. The molecule has 1 N–H and O–H groups in total. The number of methoxy groups -OCH3 is 1. The first-order valence-electron chi connectivity index (χ1n) is 7.25. The standard InChI is InChI=1S/C19H17NO4/c1-13-3-5-14(6-4-13)12-24-18-10-17(23-2)8-7-15(18)9-16(11-20)19(21)22/h3-10H,12H2,1-2H3,(H,21,22). The fourth-order valence-corrected chi connectivity index (χ4v) is 2.03. The molecule has 0 aromatic heterocycles. The summed E-state index contributed by atoms with van der Waals surface area (Å²) in [6.45, 7) is 2.33. The van der Waals surface area contributed by atoms with E-state index in [-0.39, 0.29) is 5.57 Å². The molecule has 0 heterocycles. The van der Waals surface area contributed by atoms with Gasteiger partial charge >= 0.3 is 5.97 Å². The van der Waals surface area contributed by atoms with Crippen molar-refractivity contribution in [2.45, 2.75) is 13.5 Å². The highest BCUT2D eigenvalue weighted by molar-refractivity contribution is 5.96. The summed E-state index contributed by atoms with van der Waals surface area (Å²) >= 11 is 0. The molecule has 0 bridgehead atoms. The molecular formula is C19H17NO4. The SMILES string of the molecule is COc1ccc(C=C(C#N)C(=O)O)c(OCc2ccc(C)cc2)c1. The topological polar surface area (TPSA) is 79.5 Å². The van der Waals surface area contributed by atoms with E-state index in [1.807, 2.05) is 31.2 Å². The number of hydrogen-bond donors (Lipinski definition) is 1. The zero-order chi connectivity index (χ0) is 17.5. The average molecular weight is 323 g/mol. The summed E-state index contributed by atoms with van der Waals surface area (Å²) in [5.41, 5.74) is 2.28. The van der Waals surface area contributed by atoms with Gasteiger partial charge in [-0.2, -0.15) is 5.26 Å². The summed E-state index contributed by atoms with van der Waals surface area (Å²) < 4.78 is 11.0. The summed E-state index contributed by atoms with van der Waals surface area (Å²) in [7, 11) is 1.53. The molecule has 0 aliphatic carbocycles. The number of aryl methyl sites for hydroxylation is 1. The van der Waals surface area contributed by atoms with Crippen molar-refractivity contribution in [2.75, 3.05) is 7.11 Å². The zero-order valence-corrected chi connectivity index (χ0v) is 13.4. The van der Waals surface area contributed by atoms with Gasteiger partial charge in [-0.15, -0.1) is 0 Å². The molecule has 0 fully saturated rings. The van der Waals surface area contributed by atoms with E-state index >= 15 is 0 Å². The van der Waals surface area contributed by atoms with Gasteiger partial charge in [0.25, 0.3) is 0 Å². The Kier molecular flexibility index (Phi) is 5.58. The predicted molar refractivity (Wildman–Crippen MR) is 89.7 cm³/mol. The molecular weight excluding hydrogens is 306 g/mol. The van der Waals surface area contributed by atoms with Crippen LogP contribution in [0.1, 0.15) is 16.7 Å². The van der Waals surface area contributed by atoms with Crippen LogP contribution in [0.15, 0.2) is 48.0 Å². The van der Waals surface area contributed by atoms with Crippen LogP contribution in [0, 0.1) is 18.3 Å². The van der Waals surface area contributed by atoms with Gasteiger partial charge in [0.05, 0.1) is 7.11 Å². The molecule has 2 rings (SSSR count). The van der Waals surface area contributed by atoms with Gasteiger partial charge in [-0.25, -0.2) is 4.79 Å². The fourth-order valence-electron chi connectivity index (χ4n) is 2.03. The average Bonchev–Trinajstić information content (AvgIpc) is 2.59. The van der Waals surface area contributed by atoms with Gasteiger partial charge in [-0.1, -0.05) is 29.8 Å². The minimum absolute atomic E-state index is 0.323. The Morgan fingerprint density at radius 3 is 2.54 bits per heavy atom. The van der Waals surface area contributed by atoms with E-state index in [2.05, 4.69) is 0 Å². The van der Waals surface area contributed by atoms with Gasteiger partial charge < -0.3 is 14.6 Å². The molecule has 2 aromatic carbocycles.